The highest BCUT2D eigenvalue weighted by Crippen LogP contribution is 2.31. The number of hydrogen-bond donors (Lipinski definition) is 4. The van der Waals surface area contributed by atoms with Gasteiger partial charge in [-0.25, -0.2) is 9.59 Å². The van der Waals surface area contributed by atoms with Crippen molar-refractivity contribution < 1.29 is 33.0 Å². The maximum Gasteiger partial charge on any atom is 0.416 e. The summed E-state index contributed by atoms with van der Waals surface area (Å²) in [6, 6.07) is 3.70. The summed E-state index contributed by atoms with van der Waals surface area (Å²) in [7, 11) is 0. The molecule has 9 heteroatoms. The van der Waals surface area contributed by atoms with Crippen LogP contribution in [0.3, 0.4) is 0 Å². The smallest absolute Gasteiger partial charge is 0.416 e. The van der Waals surface area contributed by atoms with Crippen molar-refractivity contribution in [2.75, 3.05) is 6.54 Å². The number of aromatic nitrogens is 1. The van der Waals surface area contributed by atoms with Crippen molar-refractivity contribution in [1.29, 1.82) is 0 Å². The van der Waals surface area contributed by atoms with E-state index in [4.69, 9.17) is 25.5 Å². The molecule has 0 saturated carbocycles. The fourth-order valence-corrected chi connectivity index (χ4v) is 1.72. The molecule has 0 radical (unpaired) electrons. The molecule has 120 valence electrons. The van der Waals surface area contributed by atoms with Crippen LogP contribution in [0, 0.1) is 0 Å². The van der Waals surface area contributed by atoms with Gasteiger partial charge in [0.2, 0.25) is 0 Å². The van der Waals surface area contributed by atoms with Gasteiger partial charge in [0.25, 0.3) is 0 Å². The predicted molar refractivity (Wildman–Crippen MR) is 71.3 cm³/mol. The Kier molecular flexibility index (Phi) is 5.52. The van der Waals surface area contributed by atoms with Gasteiger partial charge in [0.15, 0.2) is 0 Å². The third-order valence-corrected chi connectivity index (χ3v) is 2.69. The fourth-order valence-electron chi connectivity index (χ4n) is 1.72. The monoisotopic (exact) mass is 318 g/mol. The van der Waals surface area contributed by atoms with Gasteiger partial charge in [-0.05, 0) is 30.7 Å². The number of aromatic amines is 1. The number of halogens is 3. The molecule has 1 aromatic carbocycles. The highest BCUT2D eigenvalue weighted by atomic mass is 19.4. The second-order valence-electron chi connectivity index (χ2n) is 4.22. The van der Waals surface area contributed by atoms with Crippen LogP contribution in [0.5, 0.6) is 0 Å². The van der Waals surface area contributed by atoms with Crippen molar-refractivity contribution in [3.8, 4) is 0 Å². The molecule has 0 aliphatic carbocycles. The molecule has 1 heterocycles. The molecule has 5 N–H and O–H groups in total. The number of aliphatic carboxylic acids is 2. The Morgan fingerprint density at radius 2 is 1.77 bits per heavy atom. The average Bonchev–Trinajstić information content (AvgIpc) is 2.81. The van der Waals surface area contributed by atoms with E-state index in [1.165, 1.54) is 6.07 Å². The third-order valence-electron chi connectivity index (χ3n) is 2.69. The zero-order chi connectivity index (χ0) is 16.9. The number of carboxylic acid groups (broad SMARTS) is 2. The Labute approximate surface area is 122 Å². The number of carbonyl (C=O) groups is 2. The maximum absolute atomic E-state index is 12.4. The molecule has 0 spiro atoms. The van der Waals surface area contributed by atoms with Gasteiger partial charge in [-0.15, -0.1) is 0 Å². The SMILES string of the molecule is NCCc1c[nH]c2cc(C(F)(F)F)ccc12.O=C(O)C(=O)O. The minimum Gasteiger partial charge on any atom is -0.473 e. The first kappa shape index (κ1) is 17.5. The van der Waals surface area contributed by atoms with E-state index in [1.54, 1.807) is 6.20 Å². The zero-order valence-electron chi connectivity index (χ0n) is 11.1. The summed E-state index contributed by atoms with van der Waals surface area (Å²) in [5.74, 6) is -3.65. The molecule has 0 saturated heterocycles. The van der Waals surface area contributed by atoms with Crippen molar-refractivity contribution in [2.45, 2.75) is 12.6 Å². The molecule has 0 bridgehead atoms. The highest BCUT2D eigenvalue weighted by Gasteiger charge is 2.30. The quantitative estimate of drug-likeness (QED) is 0.630. The van der Waals surface area contributed by atoms with Gasteiger partial charge in [-0.3, -0.25) is 0 Å². The van der Waals surface area contributed by atoms with Crippen LogP contribution in [0.4, 0.5) is 13.2 Å². The van der Waals surface area contributed by atoms with Crippen molar-refractivity contribution >= 4 is 22.8 Å². The van der Waals surface area contributed by atoms with E-state index in [9.17, 15) is 13.2 Å². The molecule has 0 amide bonds. The Bertz CT molecular complexity index is 667. The summed E-state index contributed by atoms with van der Waals surface area (Å²) in [5.41, 5.74) is 6.23. The van der Waals surface area contributed by atoms with Crippen LogP contribution < -0.4 is 5.73 Å². The van der Waals surface area contributed by atoms with Crippen molar-refractivity contribution in [2.24, 2.45) is 5.73 Å². The molecule has 2 rings (SSSR count). The normalized spacial score (nSPS) is 10.9. The number of H-pyrrole nitrogens is 1. The van der Waals surface area contributed by atoms with Gasteiger partial charge in [0.1, 0.15) is 0 Å². The van der Waals surface area contributed by atoms with Crippen LogP contribution in [0.25, 0.3) is 10.9 Å². The Hall–Kier alpha value is -2.55. The van der Waals surface area contributed by atoms with Gasteiger partial charge < -0.3 is 20.9 Å². The highest BCUT2D eigenvalue weighted by molar-refractivity contribution is 6.27. The first-order chi connectivity index (χ1) is 10.2. The number of fused-ring (bicyclic) bond motifs is 1. The number of alkyl halides is 3. The number of hydrogen-bond acceptors (Lipinski definition) is 3. The molecule has 1 aromatic heterocycles. The molecule has 0 aliphatic heterocycles. The van der Waals surface area contributed by atoms with E-state index in [0.29, 0.717) is 18.5 Å². The summed E-state index contributed by atoms with van der Waals surface area (Å²) in [5, 5.41) is 15.6. The van der Waals surface area contributed by atoms with Crippen LogP contribution in [-0.4, -0.2) is 33.7 Å². The van der Waals surface area contributed by atoms with Crippen LogP contribution in [0.2, 0.25) is 0 Å². The van der Waals surface area contributed by atoms with Crippen LogP contribution in [0.15, 0.2) is 24.4 Å². The lowest BCUT2D eigenvalue weighted by Crippen LogP contribution is -2.09. The second-order valence-corrected chi connectivity index (χ2v) is 4.22. The second kappa shape index (κ2) is 6.94. The van der Waals surface area contributed by atoms with E-state index in [1.807, 2.05) is 0 Å². The van der Waals surface area contributed by atoms with E-state index < -0.39 is 23.7 Å². The number of rotatable bonds is 2. The van der Waals surface area contributed by atoms with E-state index >= 15 is 0 Å². The summed E-state index contributed by atoms with van der Waals surface area (Å²) in [6.45, 7) is 0.480. The number of nitrogens with two attached hydrogens (primary N) is 1. The molecule has 0 aliphatic rings. The van der Waals surface area contributed by atoms with Gasteiger partial charge in [-0.1, -0.05) is 6.07 Å². The van der Waals surface area contributed by atoms with E-state index in [2.05, 4.69) is 4.98 Å². The van der Waals surface area contributed by atoms with Crippen LogP contribution in [-0.2, 0) is 22.2 Å². The summed E-state index contributed by atoms with van der Waals surface area (Å²) in [4.78, 5) is 21.0. The third kappa shape index (κ3) is 4.48. The van der Waals surface area contributed by atoms with Gasteiger partial charge in [-0.2, -0.15) is 13.2 Å². The molecule has 6 nitrogen and oxygen atoms in total. The zero-order valence-corrected chi connectivity index (χ0v) is 11.1. The first-order valence-electron chi connectivity index (χ1n) is 6.00. The molecule has 0 unspecified atom stereocenters. The Balaban J connectivity index is 0.000000346. The van der Waals surface area contributed by atoms with Crippen LogP contribution >= 0.6 is 0 Å². The number of nitrogens with one attached hydrogen (secondary N) is 1. The lowest BCUT2D eigenvalue weighted by Gasteiger charge is -2.06. The summed E-state index contributed by atoms with van der Waals surface area (Å²) < 4.78 is 37.3. The number of benzene rings is 1. The summed E-state index contributed by atoms with van der Waals surface area (Å²) in [6.07, 6.45) is -1.93. The largest absolute Gasteiger partial charge is 0.473 e. The maximum atomic E-state index is 12.4. The van der Waals surface area contributed by atoms with Crippen molar-refractivity contribution in [1.82, 2.24) is 4.98 Å². The topological polar surface area (TPSA) is 116 Å². The van der Waals surface area contributed by atoms with E-state index in [-0.39, 0.29) is 0 Å². The summed E-state index contributed by atoms with van der Waals surface area (Å²) >= 11 is 0. The van der Waals surface area contributed by atoms with Gasteiger partial charge in [0.05, 0.1) is 5.56 Å². The standard InChI is InChI=1S/C11H11F3N2.C2H2O4/c12-11(13,14)8-1-2-9-7(3-4-15)6-16-10(9)5-8;3-1(4)2(5)6/h1-2,5-6,16H,3-4,15H2;(H,3,4)(H,5,6). The van der Waals surface area contributed by atoms with Crippen molar-refractivity contribution in [3.63, 3.8) is 0 Å². The van der Waals surface area contributed by atoms with Gasteiger partial charge >= 0.3 is 18.1 Å². The minimum absolute atomic E-state index is 0.480. The first-order valence-corrected chi connectivity index (χ1v) is 6.00. The fraction of sp³-hybridized carbons (Fsp3) is 0.231. The lowest BCUT2D eigenvalue weighted by molar-refractivity contribution is -0.159. The Morgan fingerprint density at radius 3 is 2.23 bits per heavy atom. The van der Waals surface area contributed by atoms with Gasteiger partial charge in [0, 0.05) is 17.1 Å². The molecular weight excluding hydrogens is 305 g/mol. The Morgan fingerprint density at radius 1 is 1.18 bits per heavy atom. The molecule has 0 fully saturated rings. The minimum atomic E-state index is -4.30. The van der Waals surface area contributed by atoms with Crippen LogP contribution in [0.1, 0.15) is 11.1 Å². The molecular formula is C13H13F3N2O4. The van der Waals surface area contributed by atoms with E-state index in [0.717, 1.165) is 23.1 Å². The average molecular weight is 318 g/mol. The molecule has 0 atom stereocenters. The predicted octanol–water partition coefficient (Wildman–Crippen LogP) is 1.84. The van der Waals surface area contributed by atoms with Crippen molar-refractivity contribution in [3.05, 3.63) is 35.5 Å². The lowest BCUT2D eigenvalue weighted by atomic mass is 10.1. The molecule has 22 heavy (non-hydrogen) atoms. The number of carboxylic acids is 2. The molecule has 2 aromatic rings.